The molecule has 0 saturated heterocycles. The number of nitrogens with one attached hydrogen (secondary N) is 2. The van der Waals surface area contributed by atoms with Gasteiger partial charge in [-0.05, 0) is 36.2 Å². The first-order chi connectivity index (χ1) is 19.0. The Morgan fingerprint density at radius 1 is 1.12 bits per heavy atom. The van der Waals surface area contributed by atoms with Crippen LogP contribution in [0.2, 0.25) is 0 Å². The van der Waals surface area contributed by atoms with Gasteiger partial charge in [-0.2, -0.15) is 29.0 Å². The van der Waals surface area contributed by atoms with Crippen molar-refractivity contribution in [3.8, 4) is 24.1 Å². The van der Waals surface area contributed by atoms with E-state index in [9.17, 15) is 23.7 Å². The molecule has 3 aromatic rings. The summed E-state index contributed by atoms with van der Waals surface area (Å²) in [5, 5.41) is 33.4. The summed E-state index contributed by atoms with van der Waals surface area (Å²) in [6.07, 6.45) is -2.91. The molecule has 2 aromatic heterocycles. The normalized spacial score (nSPS) is 14.1. The maximum Gasteiger partial charge on any atom is 0.433 e. The second kappa shape index (κ2) is 10.9. The summed E-state index contributed by atoms with van der Waals surface area (Å²) in [4.78, 5) is 12.4. The molecule has 0 amide bonds. The number of thioether (sulfide) groups is 1. The topological polar surface area (TPSA) is 195 Å². The molecule has 1 aliphatic rings. The summed E-state index contributed by atoms with van der Waals surface area (Å²) in [5.41, 5.74) is 12.7. The van der Waals surface area contributed by atoms with Gasteiger partial charge in [0.1, 0.15) is 51.8 Å². The smallest absolute Gasteiger partial charge is 0.433 e. The van der Waals surface area contributed by atoms with Gasteiger partial charge in [-0.15, -0.1) is 11.8 Å². The van der Waals surface area contributed by atoms with Gasteiger partial charge in [-0.25, -0.2) is 15.0 Å². The van der Waals surface area contributed by atoms with Crippen molar-refractivity contribution < 1.29 is 17.9 Å². The van der Waals surface area contributed by atoms with Crippen LogP contribution < -0.4 is 26.8 Å². The quantitative estimate of drug-likeness (QED) is 0.199. The lowest BCUT2D eigenvalue weighted by atomic mass is 9.94. The van der Waals surface area contributed by atoms with Crippen LogP contribution in [0.1, 0.15) is 45.1 Å². The van der Waals surface area contributed by atoms with Crippen LogP contribution in [0.15, 0.2) is 34.3 Å². The molecular weight excluding hydrogens is 545 g/mol. The highest BCUT2D eigenvalue weighted by molar-refractivity contribution is 7.98. The minimum absolute atomic E-state index is 0.0308. The predicted octanol–water partition coefficient (Wildman–Crippen LogP) is 3.95. The van der Waals surface area contributed by atoms with Crippen molar-refractivity contribution in [3.05, 3.63) is 63.3 Å². The van der Waals surface area contributed by atoms with Gasteiger partial charge in [-0.1, -0.05) is 6.07 Å². The number of nitriles is 3. The first-order valence-corrected chi connectivity index (χ1v) is 12.3. The first-order valence-electron chi connectivity index (χ1n) is 11.3. The Morgan fingerprint density at radius 2 is 1.85 bits per heavy atom. The number of hydrogen-bond acceptors (Lipinski definition) is 12. The highest BCUT2D eigenvalue weighted by Crippen LogP contribution is 2.42. The number of benzene rings is 1. The number of pyridine rings is 2. The van der Waals surface area contributed by atoms with Crippen LogP contribution in [-0.4, -0.2) is 23.0 Å². The number of halogens is 3. The number of aliphatic imine (C=N–C) groups is 1. The summed E-state index contributed by atoms with van der Waals surface area (Å²) >= 11 is 0.946. The number of nitrogens with two attached hydrogens (primary N) is 2. The average Bonchev–Trinajstić information content (AvgIpc) is 2.90. The van der Waals surface area contributed by atoms with Gasteiger partial charge >= 0.3 is 6.18 Å². The van der Waals surface area contributed by atoms with Crippen LogP contribution in [0.25, 0.3) is 0 Å². The highest BCUT2D eigenvalue weighted by atomic mass is 32.2. The van der Waals surface area contributed by atoms with E-state index in [-0.39, 0.29) is 50.8 Å². The zero-order valence-electron chi connectivity index (χ0n) is 20.9. The van der Waals surface area contributed by atoms with E-state index in [0.29, 0.717) is 22.4 Å². The van der Waals surface area contributed by atoms with Gasteiger partial charge in [-0.3, -0.25) is 5.32 Å². The number of ether oxygens (including phenoxy) is 1. The lowest BCUT2D eigenvalue weighted by molar-refractivity contribution is -0.141. The molecule has 15 heteroatoms. The first kappa shape index (κ1) is 27.8. The van der Waals surface area contributed by atoms with Crippen molar-refractivity contribution in [2.75, 3.05) is 23.9 Å². The van der Waals surface area contributed by atoms with E-state index >= 15 is 0 Å². The van der Waals surface area contributed by atoms with Gasteiger partial charge < -0.3 is 21.5 Å². The van der Waals surface area contributed by atoms with E-state index in [2.05, 4.69) is 25.6 Å². The monoisotopic (exact) mass is 564 g/mol. The number of aryl methyl sites for hydroxylation is 1. The molecule has 1 aliphatic heterocycles. The molecule has 0 bridgehead atoms. The summed E-state index contributed by atoms with van der Waals surface area (Å²) in [7, 11) is 1.44. The molecule has 0 aliphatic carbocycles. The van der Waals surface area contributed by atoms with Crippen LogP contribution in [0, 0.1) is 41.0 Å². The summed E-state index contributed by atoms with van der Waals surface area (Å²) in [6.45, 7) is 1.42. The Labute approximate surface area is 230 Å². The number of methoxy groups -OCH3 is 1. The Morgan fingerprint density at radius 3 is 2.48 bits per heavy atom. The third-order valence-corrected chi connectivity index (χ3v) is 6.95. The summed E-state index contributed by atoms with van der Waals surface area (Å²) < 4.78 is 45.6. The SMILES string of the molecule is COc1ccc(C2N=C(NC#N)Nc3nc(N)c(C#N)c(N)c32)cc1CSc1nc(C(F)(F)F)cc(C)c1C#N. The van der Waals surface area contributed by atoms with Gasteiger partial charge in [0, 0.05) is 16.9 Å². The predicted molar refractivity (Wildman–Crippen MR) is 141 cm³/mol. The summed E-state index contributed by atoms with van der Waals surface area (Å²) in [5.74, 6) is 0.662. The van der Waals surface area contributed by atoms with E-state index < -0.39 is 17.9 Å². The Balaban J connectivity index is 1.79. The van der Waals surface area contributed by atoms with Crippen molar-refractivity contribution in [1.82, 2.24) is 15.3 Å². The fraction of sp³-hybridized carbons (Fsp3) is 0.200. The van der Waals surface area contributed by atoms with Crippen LogP contribution in [0.3, 0.4) is 0 Å². The number of nitrogen functional groups attached to an aromatic ring is 2. The lowest BCUT2D eigenvalue weighted by Crippen LogP contribution is -2.32. The minimum Gasteiger partial charge on any atom is -0.496 e. The molecule has 0 spiro atoms. The van der Waals surface area contributed by atoms with E-state index in [4.69, 9.17) is 21.5 Å². The molecule has 202 valence electrons. The number of guanidine groups is 1. The van der Waals surface area contributed by atoms with Gasteiger partial charge in [0.05, 0.1) is 18.4 Å². The zero-order valence-corrected chi connectivity index (χ0v) is 21.7. The maximum absolute atomic E-state index is 13.4. The summed E-state index contributed by atoms with van der Waals surface area (Å²) in [6, 6.07) is 8.88. The lowest BCUT2D eigenvalue weighted by Gasteiger charge is -2.26. The average molecular weight is 565 g/mol. The fourth-order valence-electron chi connectivity index (χ4n) is 4.08. The molecule has 0 radical (unpaired) electrons. The van der Waals surface area contributed by atoms with Crippen molar-refractivity contribution in [2.24, 2.45) is 4.99 Å². The maximum atomic E-state index is 13.4. The third kappa shape index (κ3) is 5.21. The number of hydrogen-bond donors (Lipinski definition) is 4. The van der Waals surface area contributed by atoms with Crippen LogP contribution in [-0.2, 0) is 11.9 Å². The fourth-order valence-corrected chi connectivity index (χ4v) is 5.11. The molecule has 6 N–H and O–H groups in total. The standard InChI is InChI=1S/C25H19F3N10OS/c1-11-5-17(25(26,27)28)35-23(14(11)7-29)40-9-13-6-12(3-4-16(13)39-2)20-18-19(32)15(8-30)21(33)37-22(18)38-24(36-20)34-10-31/h3-6,20H,9H2,1-2H3,(H6,32,33,34,36,37,38). The van der Waals surface area contributed by atoms with E-state index in [0.717, 1.165) is 17.8 Å². The van der Waals surface area contributed by atoms with Crippen molar-refractivity contribution >= 4 is 35.0 Å². The molecule has 1 aromatic carbocycles. The van der Waals surface area contributed by atoms with Gasteiger partial charge in [0.2, 0.25) is 5.96 Å². The number of fused-ring (bicyclic) bond motifs is 1. The van der Waals surface area contributed by atoms with Crippen molar-refractivity contribution in [3.63, 3.8) is 0 Å². The number of anilines is 3. The third-order valence-electron chi connectivity index (χ3n) is 5.93. The molecular formula is C25H19F3N10OS. The molecule has 40 heavy (non-hydrogen) atoms. The Bertz CT molecular complexity index is 1670. The van der Waals surface area contributed by atoms with E-state index in [1.165, 1.54) is 14.0 Å². The Kier molecular flexibility index (Phi) is 7.57. The molecule has 3 heterocycles. The molecule has 1 unspecified atom stereocenters. The molecule has 0 fully saturated rings. The van der Waals surface area contributed by atoms with Crippen molar-refractivity contribution in [2.45, 2.75) is 29.9 Å². The van der Waals surface area contributed by atoms with Gasteiger partial charge in [0.15, 0.2) is 6.19 Å². The van der Waals surface area contributed by atoms with Crippen LogP contribution in [0.4, 0.5) is 30.5 Å². The van der Waals surface area contributed by atoms with Gasteiger partial charge in [0.25, 0.3) is 0 Å². The molecule has 0 saturated carbocycles. The highest BCUT2D eigenvalue weighted by Gasteiger charge is 2.34. The van der Waals surface area contributed by atoms with Crippen LogP contribution in [0.5, 0.6) is 5.75 Å². The zero-order chi connectivity index (χ0) is 29.2. The molecule has 11 nitrogen and oxygen atoms in total. The van der Waals surface area contributed by atoms with Crippen molar-refractivity contribution in [1.29, 1.82) is 15.8 Å². The number of aromatic nitrogens is 2. The largest absolute Gasteiger partial charge is 0.496 e. The Hall–Kier alpha value is -5.20. The second-order valence-corrected chi connectivity index (χ2v) is 9.34. The number of rotatable bonds is 5. The van der Waals surface area contributed by atoms with E-state index in [1.807, 2.05) is 12.1 Å². The van der Waals surface area contributed by atoms with Crippen LogP contribution >= 0.6 is 11.8 Å². The molecule has 1 atom stereocenters. The second-order valence-electron chi connectivity index (χ2n) is 8.38. The number of alkyl halides is 3. The molecule has 4 rings (SSSR count). The minimum atomic E-state index is -4.68. The number of nitrogens with zero attached hydrogens (tertiary/aromatic N) is 6. The van der Waals surface area contributed by atoms with E-state index in [1.54, 1.807) is 24.4 Å².